The zero-order valence-electron chi connectivity index (χ0n) is 14.8. The number of hydrazine groups is 1. The summed E-state index contributed by atoms with van der Waals surface area (Å²) in [5, 5.41) is 13.8. The minimum absolute atomic E-state index is 0.0104. The van der Waals surface area contributed by atoms with Crippen molar-refractivity contribution in [2.45, 2.75) is 20.8 Å². The van der Waals surface area contributed by atoms with E-state index >= 15 is 0 Å². The molecule has 2 amide bonds. The lowest BCUT2D eigenvalue weighted by Crippen LogP contribution is -2.44. The predicted octanol–water partition coefficient (Wildman–Crippen LogP) is 2.39. The Morgan fingerprint density at radius 1 is 1.00 bits per heavy atom. The molecule has 0 fully saturated rings. The molecule has 0 aliphatic carbocycles. The molecule has 8 heteroatoms. The van der Waals surface area contributed by atoms with Crippen LogP contribution in [0.4, 0.5) is 11.4 Å². The summed E-state index contributed by atoms with van der Waals surface area (Å²) in [7, 11) is 0. The van der Waals surface area contributed by atoms with Crippen LogP contribution >= 0.6 is 0 Å². The van der Waals surface area contributed by atoms with E-state index < -0.39 is 16.7 Å². The molecule has 0 heterocycles. The fraction of sp³-hybridized carbons (Fsp3) is 0.222. The highest BCUT2D eigenvalue weighted by Gasteiger charge is 2.14. The molecule has 0 saturated heterocycles. The van der Waals surface area contributed by atoms with E-state index in [1.807, 2.05) is 32.0 Å². The standard InChI is InChI=1S/C18H20N4O4/c1-11-4-6-15(12(2)8-11)19-10-17(23)20-21-18(24)14-5-7-16(22(25)26)13(3)9-14/h4-9,19H,10H2,1-3H3,(H,20,23)(H,21,24). The molecule has 26 heavy (non-hydrogen) atoms. The average molecular weight is 356 g/mol. The molecular weight excluding hydrogens is 336 g/mol. The number of nitro groups is 1. The monoisotopic (exact) mass is 356 g/mol. The van der Waals surface area contributed by atoms with E-state index in [0.717, 1.165) is 16.8 Å². The molecule has 2 aromatic rings. The Labute approximate surface area is 150 Å². The molecule has 0 bridgehead atoms. The number of rotatable bonds is 5. The Morgan fingerprint density at radius 2 is 1.73 bits per heavy atom. The Morgan fingerprint density at radius 3 is 2.35 bits per heavy atom. The number of anilines is 1. The van der Waals surface area contributed by atoms with E-state index in [-0.39, 0.29) is 17.8 Å². The van der Waals surface area contributed by atoms with Crippen LogP contribution < -0.4 is 16.2 Å². The van der Waals surface area contributed by atoms with E-state index in [1.54, 1.807) is 6.92 Å². The van der Waals surface area contributed by atoms with Crippen molar-refractivity contribution in [1.82, 2.24) is 10.9 Å². The van der Waals surface area contributed by atoms with Gasteiger partial charge in [-0.05, 0) is 44.5 Å². The van der Waals surface area contributed by atoms with Gasteiger partial charge in [-0.1, -0.05) is 17.7 Å². The summed E-state index contributed by atoms with van der Waals surface area (Å²) in [4.78, 5) is 34.2. The van der Waals surface area contributed by atoms with Crippen molar-refractivity contribution in [2.75, 3.05) is 11.9 Å². The molecule has 0 aromatic heterocycles. The fourth-order valence-corrected chi connectivity index (χ4v) is 2.43. The molecule has 0 unspecified atom stereocenters. The highest BCUT2D eigenvalue weighted by molar-refractivity contribution is 5.96. The molecule has 136 valence electrons. The minimum Gasteiger partial charge on any atom is -0.376 e. The number of carbonyl (C=O) groups is 2. The molecule has 3 N–H and O–H groups in total. The van der Waals surface area contributed by atoms with Gasteiger partial charge in [-0.3, -0.25) is 30.6 Å². The lowest BCUT2D eigenvalue weighted by atomic mass is 10.1. The molecule has 0 radical (unpaired) electrons. The number of nitrogens with one attached hydrogen (secondary N) is 3. The van der Waals surface area contributed by atoms with Crippen molar-refractivity contribution in [3.63, 3.8) is 0 Å². The van der Waals surface area contributed by atoms with Crippen molar-refractivity contribution in [3.05, 3.63) is 68.8 Å². The van der Waals surface area contributed by atoms with Gasteiger partial charge < -0.3 is 5.32 Å². The van der Waals surface area contributed by atoms with Crippen LogP contribution in [0.5, 0.6) is 0 Å². The average Bonchev–Trinajstić information content (AvgIpc) is 2.58. The van der Waals surface area contributed by atoms with Crippen LogP contribution in [0.25, 0.3) is 0 Å². The highest BCUT2D eigenvalue weighted by Crippen LogP contribution is 2.18. The van der Waals surface area contributed by atoms with Crippen molar-refractivity contribution in [2.24, 2.45) is 0 Å². The third-order valence-electron chi connectivity index (χ3n) is 3.79. The van der Waals surface area contributed by atoms with Crippen LogP contribution in [-0.2, 0) is 4.79 Å². The van der Waals surface area contributed by atoms with Gasteiger partial charge in [0.25, 0.3) is 17.5 Å². The van der Waals surface area contributed by atoms with Crippen LogP contribution in [0.15, 0.2) is 36.4 Å². The number of benzene rings is 2. The maximum absolute atomic E-state index is 12.0. The van der Waals surface area contributed by atoms with E-state index in [0.29, 0.717) is 5.56 Å². The van der Waals surface area contributed by atoms with Crippen LogP contribution in [0.3, 0.4) is 0 Å². The highest BCUT2D eigenvalue weighted by atomic mass is 16.6. The minimum atomic E-state index is -0.553. The number of carbonyl (C=O) groups excluding carboxylic acids is 2. The van der Waals surface area contributed by atoms with E-state index in [2.05, 4.69) is 16.2 Å². The number of nitrogens with zero attached hydrogens (tertiary/aromatic N) is 1. The van der Waals surface area contributed by atoms with Gasteiger partial charge in [-0.2, -0.15) is 0 Å². The molecular formula is C18H20N4O4. The topological polar surface area (TPSA) is 113 Å². The molecule has 0 aliphatic heterocycles. The van der Waals surface area contributed by atoms with Gasteiger partial charge in [-0.15, -0.1) is 0 Å². The van der Waals surface area contributed by atoms with Crippen LogP contribution in [0.1, 0.15) is 27.0 Å². The van der Waals surface area contributed by atoms with E-state index in [4.69, 9.17) is 0 Å². The SMILES string of the molecule is Cc1ccc(NCC(=O)NNC(=O)c2ccc([N+](=O)[O-])c(C)c2)c(C)c1. The van der Waals surface area contributed by atoms with E-state index in [9.17, 15) is 19.7 Å². The lowest BCUT2D eigenvalue weighted by Gasteiger charge is -2.11. The number of hydrogen-bond acceptors (Lipinski definition) is 5. The predicted molar refractivity (Wildman–Crippen MR) is 97.8 cm³/mol. The number of aryl methyl sites for hydroxylation is 3. The van der Waals surface area contributed by atoms with Gasteiger partial charge in [0.1, 0.15) is 0 Å². The zero-order valence-corrected chi connectivity index (χ0v) is 14.8. The fourth-order valence-electron chi connectivity index (χ4n) is 2.43. The van der Waals surface area contributed by atoms with Gasteiger partial charge in [0.05, 0.1) is 11.5 Å². The first-order chi connectivity index (χ1) is 12.3. The lowest BCUT2D eigenvalue weighted by molar-refractivity contribution is -0.385. The summed E-state index contributed by atoms with van der Waals surface area (Å²) in [6.07, 6.45) is 0. The third kappa shape index (κ3) is 4.79. The normalized spacial score (nSPS) is 10.1. The molecule has 0 atom stereocenters. The number of hydrogen-bond donors (Lipinski definition) is 3. The smallest absolute Gasteiger partial charge is 0.272 e. The Kier molecular flexibility index (Phi) is 5.90. The maximum atomic E-state index is 12.0. The van der Waals surface area contributed by atoms with E-state index in [1.165, 1.54) is 18.2 Å². The number of nitro benzene ring substituents is 1. The summed E-state index contributed by atoms with van der Waals surface area (Å²) in [6.45, 7) is 5.45. The quantitative estimate of drug-likeness (QED) is 0.562. The second-order valence-electron chi connectivity index (χ2n) is 5.93. The van der Waals surface area contributed by atoms with Gasteiger partial charge in [-0.25, -0.2) is 0 Å². The molecule has 0 saturated carbocycles. The van der Waals surface area contributed by atoms with Crippen molar-refractivity contribution < 1.29 is 14.5 Å². The number of amides is 2. The molecule has 2 rings (SSSR count). The first kappa shape index (κ1) is 18.9. The first-order valence-electron chi connectivity index (χ1n) is 7.93. The molecule has 0 spiro atoms. The zero-order chi connectivity index (χ0) is 19.3. The summed E-state index contributed by atoms with van der Waals surface area (Å²) >= 11 is 0. The Balaban J connectivity index is 1.87. The van der Waals surface area contributed by atoms with Crippen LogP contribution in [-0.4, -0.2) is 23.3 Å². The Hall–Kier alpha value is -3.42. The van der Waals surface area contributed by atoms with Crippen molar-refractivity contribution >= 4 is 23.2 Å². The molecule has 0 aliphatic rings. The summed E-state index contributed by atoms with van der Waals surface area (Å²) in [6, 6.07) is 9.81. The van der Waals surface area contributed by atoms with Crippen LogP contribution in [0, 0.1) is 30.9 Å². The van der Waals surface area contributed by atoms with Gasteiger partial charge in [0, 0.05) is 22.9 Å². The second-order valence-corrected chi connectivity index (χ2v) is 5.93. The molecule has 2 aromatic carbocycles. The van der Waals surface area contributed by atoms with Crippen molar-refractivity contribution in [3.8, 4) is 0 Å². The first-order valence-corrected chi connectivity index (χ1v) is 7.93. The van der Waals surface area contributed by atoms with Crippen LogP contribution in [0.2, 0.25) is 0 Å². The largest absolute Gasteiger partial charge is 0.376 e. The van der Waals surface area contributed by atoms with Gasteiger partial charge in [0.2, 0.25) is 0 Å². The third-order valence-corrected chi connectivity index (χ3v) is 3.79. The summed E-state index contributed by atoms with van der Waals surface area (Å²) in [5.74, 6) is -0.972. The second kappa shape index (κ2) is 8.11. The summed E-state index contributed by atoms with van der Waals surface area (Å²) in [5.41, 5.74) is 8.09. The molecule has 8 nitrogen and oxygen atoms in total. The Bertz CT molecular complexity index is 864. The summed E-state index contributed by atoms with van der Waals surface area (Å²) < 4.78 is 0. The van der Waals surface area contributed by atoms with Gasteiger partial charge in [0.15, 0.2) is 0 Å². The van der Waals surface area contributed by atoms with Gasteiger partial charge >= 0.3 is 0 Å². The maximum Gasteiger partial charge on any atom is 0.272 e. The van der Waals surface area contributed by atoms with Crippen molar-refractivity contribution in [1.29, 1.82) is 0 Å².